The second-order valence-corrected chi connectivity index (χ2v) is 8.77. The molecular formula is C24H31N3O3S. The van der Waals surface area contributed by atoms with Crippen molar-refractivity contribution < 1.29 is 14.3 Å². The van der Waals surface area contributed by atoms with Crippen LogP contribution in [0.15, 0.2) is 54.6 Å². The van der Waals surface area contributed by atoms with Crippen molar-refractivity contribution in [1.29, 1.82) is 0 Å². The van der Waals surface area contributed by atoms with E-state index in [9.17, 15) is 9.59 Å². The molecule has 6 nitrogen and oxygen atoms in total. The maximum absolute atomic E-state index is 12.0. The Morgan fingerprint density at radius 1 is 0.903 bits per heavy atom. The van der Waals surface area contributed by atoms with Crippen LogP contribution in [0.2, 0.25) is 0 Å². The monoisotopic (exact) mass is 441 g/mol. The zero-order valence-electron chi connectivity index (χ0n) is 18.1. The maximum atomic E-state index is 12.0. The van der Waals surface area contributed by atoms with Gasteiger partial charge in [0.15, 0.2) is 0 Å². The standard InChI is InChI=1S/C24H31N3O3S/c1-30-24(29)19-31-16-11-23(28)25-22-9-7-21(8-10-22)18-27-14-12-26(13-15-27)17-20-5-3-2-4-6-20/h2-10H,11-19H2,1H3,(H,25,28). The number of ether oxygens (including phenoxy) is 1. The van der Waals surface area contributed by atoms with Gasteiger partial charge in [0.2, 0.25) is 5.91 Å². The van der Waals surface area contributed by atoms with Crippen molar-refractivity contribution >= 4 is 29.3 Å². The smallest absolute Gasteiger partial charge is 0.315 e. The van der Waals surface area contributed by atoms with Gasteiger partial charge in [-0.2, -0.15) is 0 Å². The molecule has 0 unspecified atom stereocenters. The van der Waals surface area contributed by atoms with Crippen LogP contribution in [0.5, 0.6) is 0 Å². The Labute approximate surface area is 188 Å². The second-order valence-electron chi connectivity index (χ2n) is 7.66. The number of nitrogens with zero attached hydrogens (tertiary/aromatic N) is 2. The van der Waals surface area contributed by atoms with E-state index in [4.69, 9.17) is 0 Å². The molecule has 166 valence electrons. The fourth-order valence-corrected chi connectivity index (χ4v) is 4.26. The Morgan fingerprint density at radius 3 is 2.06 bits per heavy atom. The normalized spacial score (nSPS) is 14.9. The third-order valence-electron chi connectivity index (χ3n) is 5.28. The zero-order chi connectivity index (χ0) is 21.9. The topological polar surface area (TPSA) is 61.9 Å². The van der Waals surface area contributed by atoms with Crippen LogP contribution >= 0.6 is 11.8 Å². The summed E-state index contributed by atoms with van der Waals surface area (Å²) in [6.45, 7) is 6.24. The molecule has 3 rings (SSSR count). The molecule has 0 spiro atoms. The highest BCUT2D eigenvalue weighted by atomic mass is 32.2. The van der Waals surface area contributed by atoms with Crippen LogP contribution in [0.4, 0.5) is 5.69 Å². The lowest BCUT2D eigenvalue weighted by Gasteiger charge is -2.34. The van der Waals surface area contributed by atoms with Gasteiger partial charge in [0.1, 0.15) is 0 Å². The Bertz CT molecular complexity index is 822. The summed E-state index contributed by atoms with van der Waals surface area (Å²) in [5.41, 5.74) is 3.43. The molecule has 2 aromatic carbocycles. The molecule has 0 bridgehead atoms. The van der Waals surface area contributed by atoms with E-state index in [2.05, 4.69) is 62.3 Å². The minimum absolute atomic E-state index is 0.0420. The molecular weight excluding hydrogens is 410 g/mol. The molecule has 0 saturated carbocycles. The number of methoxy groups -OCH3 is 1. The number of rotatable bonds is 10. The highest BCUT2D eigenvalue weighted by Crippen LogP contribution is 2.15. The van der Waals surface area contributed by atoms with Gasteiger partial charge < -0.3 is 10.1 Å². The summed E-state index contributed by atoms with van der Waals surface area (Å²) >= 11 is 1.40. The summed E-state index contributed by atoms with van der Waals surface area (Å²) in [7, 11) is 1.37. The molecule has 0 aliphatic carbocycles. The van der Waals surface area contributed by atoms with Crippen LogP contribution in [0.25, 0.3) is 0 Å². The Kier molecular flexibility index (Phi) is 9.39. The van der Waals surface area contributed by atoms with Crippen molar-refractivity contribution in [3.8, 4) is 0 Å². The minimum Gasteiger partial charge on any atom is -0.468 e. The summed E-state index contributed by atoms with van der Waals surface area (Å²) in [6.07, 6.45) is 0.372. The average Bonchev–Trinajstić information content (AvgIpc) is 2.80. The summed E-state index contributed by atoms with van der Waals surface area (Å²) in [5.74, 6) is 0.562. The van der Waals surface area contributed by atoms with E-state index in [1.807, 2.05) is 12.1 Å². The van der Waals surface area contributed by atoms with E-state index in [1.54, 1.807) is 0 Å². The van der Waals surface area contributed by atoms with Gasteiger partial charge >= 0.3 is 5.97 Å². The predicted octanol–water partition coefficient (Wildman–Crippen LogP) is 3.24. The van der Waals surface area contributed by atoms with Crippen molar-refractivity contribution in [1.82, 2.24) is 9.80 Å². The van der Waals surface area contributed by atoms with E-state index in [0.29, 0.717) is 12.2 Å². The van der Waals surface area contributed by atoms with Gasteiger partial charge in [0.05, 0.1) is 12.9 Å². The van der Waals surface area contributed by atoms with Gasteiger partial charge in [-0.15, -0.1) is 11.8 Å². The molecule has 0 atom stereocenters. The molecule has 0 aromatic heterocycles. The molecule has 31 heavy (non-hydrogen) atoms. The van der Waals surface area contributed by atoms with Gasteiger partial charge in [-0.1, -0.05) is 42.5 Å². The predicted molar refractivity (Wildman–Crippen MR) is 126 cm³/mol. The highest BCUT2D eigenvalue weighted by molar-refractivity contribution is 7.99. The van der Waals surface area contributed by atoms with Crippen LogP contribution in [0, 0.1) is 0 Å². The van der Waals surface area contributed by atoms with Crippen LogP contribution in [0.3, 0.4) is 0 Å². The first-order valence-corrected chi connectivity index (χ1v) is 11.8. The second kappa shape index (κ2) is 12.5. The van der Waals surface area contributed by atoms with Gasteiger partial charge in [0, 0.05) is 57.1 Å². The average molecular weight is 442 g/mol. The molecule has 7 heteroatoms. The number of hydrogen-bond donors (Lipinski definition) is 1. The lowest BCUT2D eigenvalue weighted by molar-refractivity contribution is -0.137. The molecule has 0 radical (unpaired) electrons. The van der Waals surface area contributed by atoms with E-state index >= 15 is 0 Å². The quantitative estimate of drug-likeness (QED) is 0.451. The Morgan fingerprint density at radius 2 is 1.48 bits per heavy atom. The van der Waals surface area contributed by atoms with Crippen molar-refractivity contribution in [2.45, 2.75) is 19.5 Å². The first kappa shape index (κ1) is 23.3. The SMILES string of the molecule is COC(=O)CSCCC(=O)Nc1ccc(CN2CCN(Cc3ccccc3)CC2)cc1. The van der Waals surface area contributed by atoms with Gasteiger partial charge in [-0.3, -0.25) is 19.4 Å². The number of nitrogens with one attached hydrogen (secondary N) is 1. The molecule has 1 fully saturated rings. The summed E-state index contributed by atoms with van der Waals surface area (Å²) < 4.78 is 4.58. The summed E-state index contributed by atoms with van der Waals surface area (Å²) in [5, 5.41) is 2.92. The van der Waals surface area contributed by atoms with Gasteiger partial charge in [-0.25, -0.2) is 0 Å². The van der Waals surface area contributed by atoms with Crippen LogP contribution < -0.4 is 5.32 Å². The fourth-order valence-electron chi connectivity index (χ4n) is 3.50. The van der Waals surface area contributed by atoms with Crippen LogP contribution in [0.1, 0.15) is 17.5 Å². The number of anilines is 1. The minimum atomic E-state index is -0.265. The number of esters is 1. The fraction of sp³-hybridized carbons (Fsp3) is 0.417. The van der Waals surface area contributed by atoms with Crippen molar-refractivity contribution in [2.75, 3.05) is 50.1 Å². The third kappa shape index (κ3) is 8.36. The van der Waals surface area contributed by atoms with Gasteiger partial charge in [0.25, 0.3) is 0 Å². The number of thioether (sulfide) groups is 1. The van der Waals surface area contributed by atoms with E-state index in [-0.39, 0.29) is 17.6 Å². The zero-order valence-corrected chi connectivity index (χ0v) is 18.9. The summed E-state index contributed by atoms with van der Waals surface area (Å²) in [4.78, 5) is 28.1. The largest absolute Gasteiger partial charge is 0.468 e. The lowest BCUT2D eigenvalue weighted by Crippen LogP contribution is -2.45. The van der Waals surface area contributed by atoms with Crippen LogP contribution in [-0.4, -0.2) is 66.5 Å². The van der Waals surface area contributed by atoms with Crippen molar-refractivity contribution in [3.63, 3.8) is 0 Å². The highest BCUT2D eigenvalue weighted by Gasteiger charge is 2.17. The molecule has 1 heterocycles. The number of hydrogen-bond acceptors (Lipinski definition) is 6. The number of carbonyl (C=O) groups is 2. The molecule has 1 saturated heterocycles. The van der Waals surface area contributed by atoms with Crippen molar-refractivity contribution in [2.24, 2.45) is 0 Å². The van der Waals surface area contributed by atoms with Gasteiger partial charge in [-0.05, 0) is 23.3 Å². The number of piperazine rings is 1. The first-order valence-electron chi connectivity index (χ1n) is 10.6. The summed E-state index contributed by atoms with van der Waals surface area (Å²) in [6, 6.07) is 18.7. The van der Waals surface area contributed by atoms with Crippen molar-refractivity contribution in [3.05, 3.63) is 65.7 Å². The number of carbonyl (C=O) groups excluding carboxylic acids is 2. The van der Waals surface area contributed by atoms with E-state index in [1.165, 1.54) is 30.0 Å². The molecule has 1 amide bonds. The molecule has 1 aliphatic heterocycles. The van der Waals surface area contributed by atoms with Crippen LogP contribution in [-0.2, 0) is 27.4 Å². The Hall–Kier alpha value is -2.35. The number of benzene rings is 2. The lowest BCUT2D eigenvalue weighted by atomic mass is 10.1. The molecule has 2 aromatic rings. The van der Waals surface area contributed by atoms with E-state index in [0.717, 1.165) is 45.0 Å². The first-order chi connectivity index (χ1) is 15.1. The third-order valence-corrected chi connectivity index (χ3v) is 6.21. The van der Waals surface area contributed by atoms with E-state index < -0.39 is 0 Å². The molecule has 1 aliphatic rings. The molecule has 1 N–H and O–H groups in total. The Balaban J connectivity index is 1.35. The maximum Gasteiger partial charge on any atom is 0.315 e. The number of amides is 1.